The van der Waals surface area contributed by atoms with Gasteiger partial charge in [-0.05, 0) is 38.0 Å². The molecule has 2 aromatic rings. The number of ether oxygens (including phenoxy) is 1. The Morgan fingerprint density at radius 3 is 2.85 bits per heavy atom. The van der Waals surface area contributed by atoms with Crippen LogP contribution in [0.5, 0.6) is 5.75 Å². The van der Waals surface area contributed by atoms with Crippen molar-refractivity contribution in [2.75, 3.05) is 18.0 Å². The van der Waals surface area contributed by atoms with E-state index in [9.17, 15) is 9.18 Å². The summed E-state index contributed by atoms with van der Waals surface area (Å²) in [6.07, 6.45) is 3.43. The number of aromatic nitrogens is 1. The zero-order valence-electron chi connectivity index (χ0n) is 14.3. The number of benzene rings is 1. The van der Waals surface area contributed by atoms with Crippen LogP contribution in [0.25, 0.3) is 0 Å². The van der Waals surface area contributed by atoms with Gasteiger partial charge < -0.3 is 15.0 Å². The van der Waals surface area contributed by atoms with Gasteiger partial charge in [0.25, 0.3) is 5.91 Å². The minimum absolute atomic E-state index is 0.0445. The molecular weight excluding hydrogens is 357 g/mol. The topological polar surface area (TPSA) is 54.5 Å². The van der Waals surface area contributed by atoms with E-state index in [1.165, 1.54) is 18.3 Å². The maximum Gasteiger partial charge on any atom is 0.253 e. The number of hydrogen-bond donors (Lipinski definition) is 1. The molecule has 1 N–H and O–H groups in total. The van der Waals surface area contributed by atoms with Gasteiger partial charge in [0.2, 0.25) is 0 Å². The molecule has 0 atom stereocenters. The lowest BCUT2D eigenvalue weighted by atomic mass is 10.1. The molecular formula is C19H19ClFN3O2. The first kappa shape index (κ1) is 17.1. The van der Waals surface area contributed by atoms with E-state index in [-0.39, 0.29) is 23.4 Å². The van der Waals surface area contributed by atoms with E-state index < -0.39 is 0 Å². The van der Waals surface area contributed by atoms with E-state index in [1.54, 1.807) is 18.2 Å². The molecule has 2 aliphatic rings. The number of hydrogen-bond acceptors (Lipinski definition) is 4. The summed E-state index contributed by atoms with van der Waals surface area (Å²) in [6, 6.07) is 7.80. The van der Waals surface area contributed by atoms with Gasteiger partial charge in [0.05, 0.1) is 23.7 Å². The van der Waals surface area contributed by atoms with E-state index in [0.29, 0.717) is 35.2 Å². The minimum Gasteiger partial charge on any atom is -0.487 e. The number of nitrogens with zero attached hydrogens (tertiary/aromatic N) is 2. The van der Waals surface area contributed by atoms with Crippen molar-refractivity contribution in [1.82, 2.24) is 10.3 Å². The van der Waals surface area contributed by atoms with Gasteiger partial charge in [0.15, 0.2) is 0 Å². The highest BCUT2D eigenvalue weighted by Crippen LogP contribution is 2.35. The van der Waals surface area contributed by atoms with Crippen molar-refractivity contribution in [3.8, 4) is 5.75 Å². The summed E-state index contributed by atoms with van der Waals surface area (Å²) in [6.45, 7) is 3.25. The summed E-state index contributed by atoms with van der Waals surface area (Å²) in [5.74, 6) is 0.695. The van der Waals surface area contributed by atoms with E-state index in [2.05, 4.69) is 10.3 Å². The fraction of sp³-hybridized carbons (Fsp3) is 0.368. The van der Waals surface area contributed by atoms with E-state index in [1.807, 2.05) is 11.8 Å². The quantitative estimate of drug-likeness (QED) is 0.870. The predicted octanol–water partition coefficient (Wildman–Crippen LogP) is 3.42. The maximum atomic E-state index is 13.2. The Labute approximate surface area is 156 Å². The predicted molar refractivity (Wildman–Crippen MR) is 97.4 cm³/mol. The van der Waals surface area contributed by atoms with Gasteiger partial charge in [0, 0.05) is 17.8 Å². The van der Waals surface area contributed by atoms with Gasteiger partial charge in [0.1, 0.15) is 23.5 Å². The summed E-state index contributed by atoms with van der Waals surface area (Å²) < 4.78 is 19.0. The summed E-state index contributed by atoms with van der Waals surface area (Å²) >= 11 is 6.15. The Bertz CT molecular complexity index is 850. The average Bonchev–Trinajstić information content (AvgIpc) is 3.28. The second kappa shape index (κ2) is 6.43. The number of pyridine rings is 1. The third-order valence-corrected chi connectivity index (χ3v) is 5.07. The molecule has 0 radical (unpaired) electrons. The summed E-state index contributed by atoms with van der Waals surface area (Å²) in [5, 5.41) is 3.34. The Kier molecular flexibility index (Phi) is 4.23. The molecule has 4 rings (SSSR count). The van der Waals surface area contributed by atoms with Crippen molar-refractivity contribution in [2.45, 2.75) is 31.4 Å². The molecule has 1 saturated carbocycles. The van der Waals surface area contributed by atoms with Crippen molar-refractivity contribution < 1.29 is 13.9 Å². The van der Waals surface area contributed by atoms with Crippen molar-refractivity contribution in [3.63, 3.8) is 0 Å². The van der Waals surface area contributed by atoms with Gasteiger partial charge in [-0.1, -0.05) is 17.7 Å². The lowest BCUT2D eigenvalue weighted by molar-refractivity contribution is 0.0935. The molecule has 0 unspecified atom stereocenters. The number of carbonyl (C=O) groups is 1. The van der Waals surface area contributed by atoms with Crippen molar-refractivity contribution in [1.29, 1.82) is 0 Å². The van der Waals surface area contributed by atoms with Gasteiger partial charge >= 0.3 is 0 Å². The van der Waals surface area contributed by atoms with Crippen LogP contribution in [0, 0.1) is 5.82 Å². The van der Waals surface area contributed by atoms with Gasteiger partial charge in [-0.3, -0.25) is 4.79 Å². The highest BCUT2D eigenvalue weighted by Gasteiger charge is 2.39. The molecule has 1 saturated heterocycles. The highest BCUT2D eigenvalue weighted by molar-refractivity contribution is 6.33. The van der Waals surface area contributed by atoms with E-state index in [0.717, 1.165) is 12.8 Å². The normalized spacial score (nSPS) is 18.2. The lowest BCUT2D eigenvalue weighted by Gasteiger charge is -2.39. The van der Waals surface area contributed by atoms with Crippen LogP contribution in [0.4, 0.5) is 10.2 Å². The van der Waals surface area contributed by atoms with Crippen LogP contribution in [0.2, 0.25) is 5.02 Å². The number of amides is 1. The van der Waals surface area contributed by atoms with Crippen LogP contribution in [0.3, 0.4) is 0 Å². The molecule has 1 amide bonds. The van der Waals surface area contributed by atoms with Gasteiger partial charge in [-0.2, -0.15) is 0 Å². The molecule has 5 nitrogen and oxygen atoms in total. The zero-order valence-corrected chi connectivity index (χ0v) is 15.1. The standard InChI is InChI=1S/C19H19ClFN3O2/c1-19(5-6-19)23-18(25)15-8-17(22-9-16(15)20)24-10-14(11-24)26-13-4-2-3-12(21)7-13/h2-4,7-9,14H,5-6,10-11H2,1H3,(H,23,25). The second-order valence-corrected chi connectivity index (χ2v) is 7.55. The van der Waals surface area contributed by atoms with Crippen LogP contribution < -0.4 is 15.0 Å². The number of anilines is 1. The highest BCUT2D eigenvalue weighted by atomic mass is 35.5. The van der Waals surface area contributed by atoms with Crippen LogP contribution in [-0.4, -0.2) is 35.6 Å². The maximum absolute atomic E-state index is 13.2. The molecule has 1 aliphatic carbocycles. The number of carbonyl (C=O) groups excluding carboxylic acids is 1. The summed E-state index contributed by atoms with van der Waals surface area (Å²) in [5.41, 5.74) is 0.323. The third-order valence-electron chi connectivity index (χ3n) is 4.77. The fourth-order valence-corrected chi connectivity index (χ4v) is 3.05. The summed E-state index contributed by atoms with van der Waals surface area (Å²) in [7, 11) is 0. The first-order valence-corrected chi connectivity index (χ1v) is 8.95. The van der Waals surface area contributed by atoms with Crippen molar-refractivity contribution in [3.05, 3.63) is 52.9 Å². The lowest BCUT2D eigenvalue weighted by Crippen LogP contribution is -2.54. The van der Waals surface area contributed by atoms with E-state index >= 15 is 0 Å². The Morgan fingerprint density at radius 1 is 1.38 bits per heavy atom. The first-order valence-electron chi connectivity index (χ1n) is 8.57. The SMILES string of the molecule is CC1(NC(=O)c2cc(N3CC(Oc4cccc(F)c4)C3)ncc2Cl)CC1. The molecule has 1 aromatic heterocycles. The molecule has 26 heavy (non-hydrogen) atoms. The van der Waals surface area contributed by atoms with Crippen LogP contribution in [0.1, 0.15) is 30.1 Å². The molecule has 0 bridgehead atoms. The van der Waals surface area contributed by atoms with E-state index in [4.69, 9.17) is 16.3 Å². The van der Waals surface area contributed by atoms with Crippen molar-refractivity contribution in [2.24, 2.45) is 0 Å². The Balaban J connectivity index is 1.40. The monoisotopic (exact) mass is 375 g/mol. The molecule has 136 valence electrons. The Morgan fingerprint density at radius 2 is 2.15 bits per heavy atom. The minimum atomic E-state index is -0.321. The molecule has 1 aromatic carbocycles. The third kappa shape index (κ3) is 3.60. The molecule has 2 heterocycles. The summed E-state index contributed by atoms with van der Waals surface area (Å²) in [4.78, 5) is 18.7. The number of halogens is 2. The largest absolute Gasteiger partial charge is 0.487 e. The smallest absolute Gasteiger partial charge is 0.253 e. The number of nitrogens with one attached hydrogen (secondary N) is 1. The zero-order chi connectivity index (χ0) is 18.3. The number of rotatable bonds is 5. The van der Waals surface area contributed by atoms with Gasteiger partial charge in [-0.25, -0.2) is 9.37 Å². The van der Waals surface area contributed by atoms with Crippen molar-refractivity contribution >= 4 is 23.3 Å². The first-order chi connectivity index (χ1) is 12.4. The molecule has 0 spiro atoms. The van der Waals surface area contributed by atoms with Crippen LogP contribution in [-0.2, 0) is 0 Å². The van der Waals surface area contributed by atoms with Crippen LogP contribution >= 0.6 is 11.6 Å². The fourth-order valence-electron chi connectivity index (χ4n) is 2.86. The molecule has 1 aliphatic heterocycles. The molecule has 7 heteroatoms. The van der Waals surface area contributed by atoms with Crippen LogP contribution in [0.15, 0.2) is 36.5 Å². The molecule has 2 fully saturated rings. The average molecular weight is 376 g/mol. The van der Waals surface area contributed by atoms with Gasteiger partial charge in [-0.15, -0.1) is 0 Å². The second-order valence-electron chi connectivity index (χ2n) is 7.14. The Hall–Kier alpha value is -2.34.